The minimum Gasteiger partial charge on any atom is -0.497 e. The number of nitrogens with zero attached hydrogens (tertiary/aromatic N) is 1. The summed E-state index contributed by atoms with van der Waals surface area (Å²) in [4.78, 5) is 13.9. The molecule has 0 N–H and O–H groups in total. The number of methoxy groups -OCH3 is 1. The van der Waals surface area contributed by atoms with Crippen LogP contribution in [-0.4, -0.2) is 37.7 Å². The topological polar surface area (TPSA) is 38.8 Å². The van der Waals surface area contributed by atoms with Crippen molar-refractivity contribution < 1.29 is 14.3 Å². The Kier molecular flexibility index (Phi) is 5.61. The lowest BCUT2D eigenvalue weighted by Crippen LogP contribution is -2.35. The predicted octanol–water partition coefficient (Wildman–Crippen LogP) is 3.94. The molecule has 132 valence electrons. The second-order valence-electron chi connectivity index (χ2n) is 6.05. The summed E-state index contributed by atoms with van der Waals surface area (Å²) in [7, 11) is 1.63. The smallest absolute Gasteiger partial charge is 0.320 e. The minimum absolute atomic E-state index is 0.175. The first-order chi connectivity index (χ1) is 12.1. The van der Waals surface area contributed by atoms with Gasteiger partial charge in [0.05, 0.1) is 25.3 Å². The molecule has 25 heavy (non-hydrogen) atoms. The van der Waals surface area contributed by atoms with Gasteiger partial charge < -0.3 is 9.47 Å². The van der Waals surface area contributed by atoms with E-state index in [9.17, 15) is 4.79 Å². The van der Waals surface area contributed by atoms with Crippen LogP contribution >= 0.6 is 11.6 Å². The molecular weight excluding hydrogens is 338 g/mol. The number of rotatable bonds is 5. The van der Waals surface area contributed by atoms with E-state index in [-0.39, 0.29) is 5.97 Å². The molecule has 0 saturated carbocycles. The van der Waals surface area contributed by atoms with E-state index < -0.39 is 0 Å². The summed E-state index contributed by atoms with van der Waals surface area (Å²) in [5.74, 6) is 0.563. The van der Waals surface area contributed by atoms with Crippen LogP contribution in [0.2, 0.25) is 5.02 Å². The molecule has 0 fully saturated rings. The van der Waals surface area contributed by atoms with Crippen LogP contribution in [0.4, 0.5) is 0 Å². The molecule has 1 aliphatic heterocycles. The molecule has 0 bridgehead atoms. The van der Waals surface area contributed by atoms with Crippen LogP contribution in [0.15, 0.2) is 36.4 Å². The lowest BCUT2D eigenvalue weighted by Gasteiger charge is -2.29. The average molecular weight is 360 g/mol. The SMILES string of the molecule is CCOC(=O)CN1CCc2cccc(-c3ccc(OC)cc3Cl)c2C1. The monoisotopic (exact) mass is 359 g/mol. The zero-order chi connectivity index (χ0) is 17.8. The number of hydrogen-bond donors (Lipinski definition) is 0. The molecule has 2 aromatic carbocycles. The fourth-order valence-electron chi connectivity index (χ4n) is 3.25. The van der Waals surface area contributed by atoms with Gasteiger partial charge in [-0.2, -0.15) is 0 Å². The Morgan fingerprint density at radius 2 is 2.08 bits per heavy atom. The Balaban J connectivity index is 1.90. The number of esters is 1. The number of benzene rings is 2. The van der Waals surface area contributed by atoms with Gasteiger partial charge in [-0.25, -0.2) is 0 Å². The molecule has 1 heterocycles. The van der Waals surface area contributed by atoms with Crippen LogP contribution < -0.4 is 4.74 Å². The van der Waals surface area contributed by atoms with Crippen molar-refractivity contribution in [2.45, 2.75) is 19.9 Å². The van der Waals surface area contributed by atoms with Crippen molar-refractivity contribution in [2.75, 3.05) is 26.8 Å². The third-order valence-electron chi connectivity index (χ3n) is 4.48. The summed E-state index contributed by atoms with van der Waals surface area (Å²) < 4.78 is 10.3. The molecule has 0 radical (unpaired) electrons. The number of carbonyl (C=O) groups excluding carboxylic acids is 1. The second kappa shape index (κ2) is 7.89. The fraction of sp³-hybridized carbons (Fsp3) is 0.350. The Bertz CT molecular complexity index is 776. The third kappa shape index (κ3) is 3.97. The maximum atomic E-state index is 11.8. The summed E-state index contributed by atoms with van der Waals surface area (Å²) in [6.45, 7) is 4.12. The van der Waals surface area contributed by atoms with E-state index in [0.717, 1.165) is 29.8 Å². The molecule has 0 unspecified atom stereocenters. The van der Waals surface area contributed by atoms with Crippen LogP contribution in [0.1, 0.15) is 18.1 Å². The van der Waals surface area contributed by atoms with Crippen molar-refractivity contribution in [3.8, 4) is 16.9 Å². The van der Waals surface area contributed by atoms with Gasteiger partial charge in [-0.15, -0.1) is 0 Å². The first kappa shape index (κ1) is 17.8. The van der Waals surface area contributed by atoms with Gasteiger partial charge in [-0.1, -0.05) is 29.8 Å². The van der Waals surface area contributed by atoms with Gasteiger partial charge in [0.25, 0.3) is 0 Å². The van der Waals surface area contributed by atoms with Crippen LogP contribution in [-0.2, 0) is 22.5 Å². The maximum Gasteiger partial charge on any atom is 0.320 e. The van der Waals surface area contributed by atoms with E-state index in [1.807, 2.05) is 25.1 Å². The number of ether oxygens (including phenoxy) is 2. The molecule has 1 aliphatic rings. The molecule has 0 saturated heterocycles. The van der Waals surface area contributed by atoms with Crippen molar-refractivity contribution in [3.05, 3.63) is 52.5 Å². The van der Waals surface area contributed by atoms with Crippen molar-refractivity contribution in [2.24, 2.45) is 0 Å². The van der Waals surface area contributed by atoms with E-state index in [4.69, 9.17) is 21.1 Å². The van der Waals surface area contributed by atoms with Crippen LogP contribution in [0.5, 0.6) is 5.75 Å². The highest BCUT2D eigenvalue weighted by atomic mass is 35.5. The summed E-state index contributed by atoms with van der Waals surface area (Å²) in [6, 6.07) is 12.0. The fourth-order valence-corrected chi connectivity index (χ4v) is 3.53. The molecule has 5 heteroatoms. The second-order valence-corrected chi connectivity index (χ2v) is 6.46. The highest BCUT2D eigenvalue weighted by Gasteiger charge is 2.22. The number of fused-ring (bicyclic) bond motifs is 1. The molecule has 3 rings (SSSR count). The van der Waals surface area contributed by atoms with E-state index in [0.29, 0.717) is 24.7 Å². The van der Waals surface area contributed by atoms with Gasteiger partial charge in [-0.3, -0.25) is 9.69 Å². The average Bonchev–Trinajstić information content (AvgIpc) is 2.61. The van der Waals surface area contributed by atoms with Gasteiger partial charge in [0.2, 0.25) is 0 Å². The zero-order valence-corrected chi connectivity index (χ0v) is 15.3. The van der Waals surface area contributed by atoms with Gasteiger partial charge in [0.1, 0.15) is 5.75 Å². The first-order valence-electron chi connectivity index (χ1n) is 8.45. The lowest BCUT2D eigenvalue weighted by molar-refractivity contribution is -0.144. The van der Waals surface area contributed by atoms with Crippen molar-refractivity contribution >= 4 is 17.6 Å². The third-order valence-corrected chi connectivity index (χ3v) is 4.79. The van der Waals surface area contributed by atoms with Crippen molar-refractivity contribution in [1.29, 1.82) is 0 Å². The number of hydrogen-bond acceptors (Lipinski definition) is 4. The molecule has 4 nitrogen and oxygen atoms in total. The number of halogens is 1. The maximum absolute atomic E-state index is 11.8. The molecule has 0 spiro atoms. The molecule has 0 aliphatic carbocycles. The van der Waals surface area contributed by atoms with Crippen LogP contribution in [0.25, 0.3) is 11.1 Å². The zero-order valence-electron chi connectivity index (χ0n) is 14.5. The van der Waals surface area contributed by atoms with Gasteiger partial charge in [0, 0.05) is 18.7 Å². The lowest BCUT2D eigenvalue weighted by atomic mass is 9.91. The molecule has 0 atom stereocenters. The Hall–Kier alpha value is -2.04. The summed E-state index contributed by atoms with van der Waals surface area (Å²) in [5.41, 5.74) is 4.63. The van der Waals surface area contributed by atoms with Gasteiger partial charge in [-0.05, 0) is 48.2 Å². The highest BCUT2D eigenvalue weighted by Crippen LogP contribution is 2.36. The summed E-state index contributed by atoms with van der Waals surface area (Å²) >= 11 is 6.48. The Labute approximate surface area is 153 Å². The van der Waals surface area contributed by atoms with E-state index in [1.165, 1.54) is 11.1 Å². The van der Waals surface area contributed by atoms with Gasteiger partial charge >= 0.3 is 5.97 Å². The number of carbonyl (C=O) groups is 1. The molecule has 0 amide bonds. The molecule has 2 aromatic rings. The summed E-state index contributed by atoms with van der Waals surface area (Å²) in [6.07, 6.45) is 0.913. The molecular formula is C20H22ClNO3. The standard InChI is InChI=1S/C20H22ClNO3/c1-3-25-20(23)13-22-10-9-14-5-4-6-16(18(14)12-22)17-8-7-15(24-2)11-19(17)21/h4-8,11H,3,9-10,12-13H2,1-2H3. The normalized spacial score (nSPS) is 14.0. The summed E-state index contributed by atoms with van der Waals surface area (Å²) in [5, 5.41) is 0.662. The largest absolute Gasteiger partial charge is 0.497 e. The Morgan fingerprint density at radius 1 is 1.24 bits per heavy atom. The quantitative estimate of drug-likeness (QED) is 0.758. The van der Waals surface area contributed by atoms with E-state index in [2.05, 4.69) is 23.1 Å². The van der Waals surface area contributed by atoms with Crippen molar-refractivity contribution in [3.63, 3.8) is 0 Å². The van der Waals surface area contributed by atoms with Crippen molar-refractivity contribution in [1.82, 2.24) is 4.90 Å². The predicted molar refractivity (Wildman–Crippen MR) is 99.1 cm³/mol. The minimum atomic E-state index is -0.175. The van der Waals surface area contributed by atoms with E-state index in [1.54, 1.807) is 7.11 Å². The van der Waals surface area contributed by atoms with E-state index >= 15 is 0 Å². The van der Waals surface area contributed by atoms with Crippen LogP contribution in [0.3, 0.4) is 0 Å². The highest BCUT2D eigenvalue weighted by molar-refractivity contribution is 6.33. The van der Waals surface area contributed by atoms with Gasteiger partial charge in [0.15, 0.2) is 0 Å². The first-order valence-corrected chi connectivity index (χ1v) is 8.82. The Morgan fingerprint density at radius 3 is 2.80 bits per heavy atom. The molecule has 0 aromatic heterocycles. The van der Waals surface area contributed by atoms with Crippen LogP contribution in [0, 0.1) is 0 Å².